The quantitative estimate of drug-likeness (QED) is 0.197. The lowest BCUT2D eigenvalue weighted by atomic mass is 9.78. The maximum Gasteiger partial charge on any atom is 0.0972 e. The molecular weight excluding hydrogens is 546 g/mol. The van der Waals surface area contributed by atoms with Gasteiger partial charge < -0.3 is 0 Å². The van der Waals surface area contributed by atoms with E-state index >= 15 is 0 Å². The minimum absolute atomic E-state index is 0.172. The van der Waals surface area contributed by atoms with Crippen LogP contribution in [0.15, 0.2) is 140 Å². The van der Waals surface area contributed by atoms with Gasteiger partial charge in [0, 0.05) is 38.9 Å². The molecule has 3 heteroatoms. The smallest absolute Gasteiger partial charge is 0.0972 e. The van der Waals surface area contributed by atoms with E-state index in [1.807, 2.05) is 12.3 Å². The maximum absolute atomic E-state index is 5.23. The van der Waals surface area contributed by atoms with Crippen molar-refractivity contribution in [3.8, 4) is 44.8 Å². The van der Waals surface area contributed by atoms with Gasteiger partial charge in [0.2, 0.25) is 0 Å². The molecule has 0 radical (unpaired) electrons. The van der Waals surface area contributed by atoms with Crippen LogP contribution < -0.4 is 0 Å². The van der Waals surface area contributed by atoms with E-state index in [1.54, 1.807) is 0 Å². The Kier molecular flexibility index (Phi) is 5.54. The number of rotatable bonds is 3. The lowest BCUT2D eigenvalue weighted by molar-refractivity contribution is 0.662. The predicted molar refractivity (Wildman–Crippen MR) is 186 cm³/mol. The summed E-state index contributed by atoms with van der Waals surface area (Å²) in [6.07, 6.45) is 1.84. The van der Waals surface area contributed by atoms with Gasteiger partial charge in [-0.1, -0.05) is 117 Å². The largest absolute Gasteiger partial charge is 0.254 e. The highest BCUT2D eigenvalue weighted by Gasteiger charge is 2.39. The summed E-state index contributed by atoms with van der Waals surface area (Å²) in [5.74, 6) is 0. The van der Waals surface area contributed by atoms with Crippen molar-refractivity contribution in [1.29, 1.82) is 0 Å². The van der Waals surface area contributed by atoms with Gasteiger partial charge in [-0.3, -0.25) is 4.98 Å². The second-order valence-electron chi connectivity index (χ2n) is 12.5. The molecule has 1 aliphatic carbocycles. The monoisotopic (exact) mass is 575 g/mol. The minimum Gasteiger partial charge on any atom is -0.254 e. The van der Waals surface area contributed by atoms with Crippen molar-refractivity contribution in [2.75, 3.05) is 0 Å². The van der Waals surface area contributed by atoms with Crippen LogP contribution in [-0.2, 0) is 5.41 Å². The molecule has 9 rings (SSSR count). The van der Waals surface area contributed by atoms with Crippen molar-refractivity contribution in [1.82, 2.24) is 15.0 Å². The summed E-state index contributed by atoms with van der Waals surface area (Å²) in [6.45, 7) is 4.67. The van der Waals surface area contributed by atoms with Gasteiger partial charge in [-0.05, 0) is 63.7 Å². The average Bonchev–Trinajstić information content (AvgIpc) is 3.33. The highest BCUT2D eigenvalue weighted by atomic mass is 14.8. The summed E-state index contributed by atoms with van der Waals surface area (Å²) < 4.78 is 0. The normalized spacial score (nSPS) is 13.3. The molecule has 3 nitrogen and oxygen atoms in total. The first kappa shape index (κ1) is 25.8. The van der Waals surface area contributed by atoms with Crippen LogP contribution in [0.3, 0.4) is 0 Å². The summed E-state index contributed by atoms with van der Waals surface area (Å²) in [5, 5.41) is 3.38. The van der Waals surface area contributed by atoms with Crippen molar-refractivity contribution in [2.45, 2.75) is 19.3 Å². The van der Waals surface area contributed by atoms with Gasteiger partial charge in [-0.25, -0.2) is 9.97 Å². The fourth-order valence-corrected chi connectivity index (χ4v) is 7.28. The molecule has 0 spiro atoms. The van der Waals surface area contributed by atoms with Gasteiger partial charge in [-0.15, -0.1) is 0 Å². The molecule has 3 aromatic heterocycles. The van der Waals surface area contributed by atoms with E-state index in [1.165, 1.54) is 38.8 Å². The fraction of sp³-hybridized carbons (Fsp3) is 0.0714. The summed E-state index contributed by atoms with van der Waals surface area (Å²) in [7, 11) is 0. The maximum atomic E-state index is 5.23. The van der Waals surface area contributed by atoms with Crippen molar-refractivity contribution < 1.29 is 0 Å². The van der Waals surface area contributed by atoms with Crippen molar-refractivity contribution >= 4 is 32.7 Å². The van der Waals surface area contributed by atoms with Crippen LogP contribution in [0.1, 0.15) is 25.0 Å². The Morgan fingerprint density at radius 3 is 2.09 bits per heavy atom. The molecule has 1 aliphatic rings. The third kappa shape index (κ3) is 3.94. The van der Waals surface area contributed by atoms with E-state index < -0.39 is 0 Å². The molecule has 0 amide bonds. The first-order chi connectivity index (χ1) is 22.1. The number of fused-ring (bicyclic) bond motifs is 7. The molecule has 0 N–H and O–H groups in total. The number of para-hydroxylation sites is 1. The van der Waals surface area contributed by atoms with E-state index in [4.69, 9.17) is 9.97 Å². The molecule has 3 heterocycles. The Morgan fingerprint density at radius 1 is 0.533 bits per heavy atom. The molecule has 0 bridgehead atoms. The molecule has 0 unspecified atom stereocenters. The average molecular weight is 576 g/mol. The van der Waals surface area contributed by atoms with Crippen LogP contribution in [0.4, 0.5) is 0 Å². The van der Waals surface area contributed by atoms with Crippen LogP contribution in [-0.4, -0.2) is 15.0 Å². The molecule has 45 heavy (non-hydrogen) atoms. The zero-order chi connectivity index (χ0) is 30.1. The van der Waals surface area contributed by atoms with E-state index in [-0.39, 0.29) is 5.41 Å². The number of hydrogen-bond acceptors (Lipinski definition) is 3. The Balaban J connectivity index is 1.20. The second kappa shape index (κ2) is 9.67. The molecule has 5 aromatic carbocycles. The van der Waals surface area contributed by atoms with Crippen molar-refractivity contribution in [3.63, 3.8) is 0 Å². The topological polar surface area (TPSA) is 38.7 Å². The van der Waals surface area contributed by atoms with Crippen LogP contribution in [0.25, 0.3) is 77.5 Å². The van der Waals surface area contributed by atoms with Crippen LogP contribution in [0.2, 0.25) is 0 Å². The lowest BCUT2D eigenvalue weighted by Gasteiger charge is -2.25. The lowest BCUT2D eigenvalue weighted by Crippen LogP contribution is -2.16. The van der Waals surface area contributed by atoms with Crippen molar-refractivity contribution in [3.05, 3.63) is 151 Å². The zero-order valence-corrected chi connectivity index (χ0v) is 25.1. The second-order valence-corrected chi connectivity index (χ2v) is 12.5. The number of nitrogens with zero attached hydrogens (tertiary/aromatic N) is 3. The molecule has 0 fully saturated rings. The highest BCUT2D eigenvalue weighted by Crippen LogP contribution is 2.53. The Labute approximate surface area is 261 Å². The van der Waals surface area contributed by atoms with E-state index in [0.29, 0.717) is 0 Å². The Bertz CT molecular complexity index is 2470. The minimum atomic E-state index is -0.172. The van der Waals surface area contributed by atoms with Gasteiger partial charge in [0.15, 0.2) is 0 Å². The molecule has 212 valence electrons. The van der Waals surface area contributed by atoms with Crippen LogP contribution >= 0.6 is 0 Å². The summed E-state index contributed by atoms with van der Waals surface area (Å²) in [5.41, 5.74) is 14.5. The van der Waals surface area contributed by atoms with Gasteiger partial charge in [-0.2, -0.15) is 0 Å². The highest BCUT2D eigenvalue weighted by molar-refractivity contribution is 6.04. The molecule has 0 saturated heterocycles. The first-order valence-corrected chi connectivity index (χ1v) is 15.5. The molecular formula is C42H29N3. The molecule has 0 aliphatic heterocycles. The number of pyridine rings is 3. The first-order valence-electron chi connectivity index (χ1n) is 15.5. The number of hydrogen-bond donors (Lipinski definition) is 0. The Hall–Kier alpha value is -5.67. The third-order valence-electron chi connectivity index (χ3n) is 9.45. The van der Waals surface area contributed by atoms with Gasteiger partial charge >= 0.3 is 0 Å². The number of benzene rings is 5. The molecule has 0 saturated carbocycles. The predicted octanol–water partition coefficient (Wildman–Crippen LogP) is 10.6. The molecule has 0 atom stereocenters. The van der Waals surface area contributed by atoms with Crippen LogP contribution in [0, 0.1) is 0 Å². The van der Waals surface area contributed by atoms with E-state index in [2.05, 4.69) is 146 Å². The summed E-state index contributed by atoms with van der Waals surface area (Å²) in [4.78, 5) is 15.0. The third-order valence-corrected chi connectivity index (χ3v) is 9.45. The number of aromatic nitrogens is 3. The SMILES string of the molecule is CC1(C)c2ccccc2-c2nc3ccccc3c(-c3cccc(-c4cccc(-c5ccc6ccc7cccnc7c6n5)c4)c3)c21. The summed E-state index contributed by atoms with van der Waals surface area (Å²) in [6, 6.07) is 47.5. The van der Waals surface area contributed by atoms with Gasteiger partial charge in [0.1, 0.15) is 0 Å². The van der Waals surface area contributed by atoms with Gasteiger partial charge in [0.05, 0.1) is 27.9 Å². The van der Waals surface area contributed by atoms with Gasteiger partial charge in [0.25, 0.3) is 0 Å². The van der Waals surface area contributed by atoms with Crippen molar-refractivity contribution in [2.24, 2.45) is 0 Å². The Morgan fingerprint density at radius 2 is 1.22 bits per heavy atom. The van der Waals surface area contributed by atoms with Crippen LogP contribution in [0.5, 0.6) is 0 Å². The molecule has 8 aromatic rings. The standard InChI is InChI=1S/C42H29N3/c1-42(2)34-17-5-3-15-32(34)41-38(42)37(33-16-4-6-18-36(33)45-41)31-13-8-11-29(25-31)28-10-7-12-30(24-28)35-22-21-27-20-19-26-14-9-23-43-39(26)40(27)44-35/h3-25H,1-2H3. The fourth-order valence-electron chi connectivity index (χ4n) is 7.28. The zero-order valence-electron chi connectivity index (χ0n) is 25.1. The summed E-state index contributed by atoms with van der Waals surface area (Å²) >= 11 is 0. The van der Waals surface area contributed by atoms with E-state index in [9.17, 15) is 0 Å². The van der Waals surface area contributed by atoms with E-state index in [0.717, 1.165) is 49.8 Å².